The molecule has 0 aliphatic carbocycles. The number of nitrogens with one attached hydrogen (secondary N) is 1. The van der Waals surface area contributed by atoms with Crippen molar-refractivity contribution in [2.75, 3.05) is 5.73 Å². The Morgan fingerprint density at radius 1 is 1.48 bits per heavy atom. The first-order valence-electron chi connectivity index (χ1n) is 5.52. The number of nitriles is 1. The summed E-state index contributed by atoms with van der Waals surface area (Å²) in [5.74, 6) is 0. The molecular formula is C13H10ClF3IN3. The SMILES string of the molecule is C/C(=C\C(C#N)=C(\Cl)NI)c1cc(C(F)(F)F)ccc1N. The number of benzene rings is 1. The Labute approximate surface area is 138 Å². The number of hydrogen-bond donors (Lipinski definition) is 2. The number of hydrogen-bond acceptors (Lipinski definition) is 3. The zero-order chi connectivity index (χ0) is 16.2. The summed E-state index contributed by atoms with van der Waals surface area (Å²) in [5.41, 5.74) is 5.79. The van der Waals surface area contributed by atoms with Gasteiger partial charge in [0.05, 0.1) is 34.0 Å². The summed E-state index contributed by atoms with van der Waals surface area (Å²) in [6.07, 6.45) is -3.09. The molecule has 1 rings (SSSR count). The van der Waals surface area contributed by atoms with Gasteiger partial charge >= 0.3 is 6.18 Å². The zero-order valence-corrected chi connectivity index (χ0v) is 13.6. The number of anilines is 1. The normalized spacial score (nSPS) is 13.5. The summed E-state index contributed by atoms with van der Waals surface area (Å²) in [6, 6.07) is 4.90. The van der Waals surface area contributed by atoms with E-state index in [0.717, 1.165) is 12.1 Å². The lowest BCUT2D eigenvalue weighted by Crippen LogP contribution is -2.06. The number of nitrogens with two attached hydrogens (primary N) is 1. The van der Waals surface area contributed by atoms with E-state index in [-0.39, 0.29) is 22.0 Å². The molecule has 0 spiro atoms. The summed E-state index contributed by atoms with van der Waals surface area (Å²) in [5, 5.41) is 9.07. The van der Waals surface area contributed by atoms with Gasteiger partial charge in [0.15, 0.2) is 0 Å². The fourth-order valence-corrected chi connectivity index (χ4v) is 1.95. The average Bonchev–Trinajstić information content (AvgIpc) is 2.42. The summed E-state index contributed by atoms with van der Waals surface area (Å²) < 4.78 is 40.7. The lowest BCUT2D eigenvalue weighted by atomic mass is 10.0. The maximum Gasteiger partial charge on any atom is 0.416 e. The Bertz CT molecular complexity index is 645. The van der Waals surface area contributed by atoms with Crippen LogP contribution in [-0.4, -0.2) is 0 Å². The lowest BCUT2D eigenvalue weighted by Gasteiger charge is -2.11. The first kappa shape index (κ1) is 17.7. The average molecular weight is 428 g/mol. The first-order valence-corrected chi connectivity index (χ1v) is 6.98. The van der Waals surface area contributed by atoms with Gasteiger partial charge in [-0.2, -0.15) is 18.4 Å². The standard InChI is InChI=1S/C13H10ClF3IN3/c1-7(4-8(6-19)12(14)21-18)10-5-9(13(15,16)17)2-3-11(10)20/h2-5,21H,20H2,1H3/b7-4+,12-8+. The maximum absolute atomic E-state index is 12.7. The van der Waals surface area contributed by atoms with E-state index in [0.29, 0.717) is 5.57 Å². The molecule has 0 aliphatic rings. The number of nitrogen functional groups attached to an aromatic ring is 1. The molecular weight excluding hydrogens is 418 g/mol. The predicted octanol–water partition coefficient (Wildman–Crippen LogP) is 4.60. The number of allylic oxidation sites excluding steroid dienone is 3. The molecule has 0 saturated carbocycles. The predicted molar refractivity (Wildman–Crippen MR) is 85.2 cm³/mol. The Morgan fingerprint density at radius 3 is 2.57 bits per heavy atom. The summed E-state index contributed by atoms with van der Waals surface area (Å²) in [6.45, 7) is 1.56. The molecule has 1 aromatic carbocycles. The van der Waals surface area contributed by atoms with E-state index in [9.17, 15) is 13.2 Å². The third-order valence-corrected chi connectivity index (χ3v) is 3.76. The largest absolute Gasteiger partial charge is 0.416 e. The highest BCUT2D eigenvalue weighted by molar-refractivity contribution is 14.1. The summed E-state index contributed by atoms with van der Waals surface area (Å²) >= 11 is 7.53. The molecule has 21 heavy (non-hydrogen) atoms. The van der Waals surface area contributed by atoms with E-state index in [4.69, 9.17) is 22.6 Å². The molecule has 0 unspecified atom stereocenters. The van der Waals surface area contributed by atoms with E-state index in [1.165, 1.54) is 12.1 Å². The smallest absolute Gasteiger partial charge is 0.398 e. The second-order valence-electron chi connectivity index (χ2n) is 4.06. The highest BCUT2D eigenvalue weighted by atomic mass is 127. The Morgan fingerprint density at radius 2 is 2.10 bits per heavy atom. The van der Waals surface area contributed by atoms with Crippen molar-refractivity contribution < 1.29 is 13.2 Å². The Kier molecular flexibility index (Phi) is 5.92. The highest BCUT2D eigenvalue weighted by Crippen LogP contribution is 2.33. The van der Waals surface area contributed by atoms with E-state index < -0.39 is 11.7 Å². The van der Waals surface area contributed by atoms with Crippen LogP contribution in [0.25, 0.3) is 5.57 Å². The van der Waals surface area contributed by atoms with Crippen LogP contribution in [0.5, 0.6) is 0 Å². The quantitative estimate of drug-likeness (QED) is 0.185. The molecule has 0 heterocycles. The van der Waals surface area contributed by atoms with Crippen molar-refractivity contribution >= 4 is 45.7 Å². The van der Waals surface area contributed by atoms with Gasteiger partial charge in [-0.15, -0.1) is 0 Å². The molecule has 8 heteroatoms. The first-order chi connectivity index (χ1) is 9.70. The molecule has 0 atom stereocenters. The second kappa shape index (κ2) is 7.04. The minimum absolute atomic E-state index is 0.0861. The van der Waals surface area contributed by atoms with Crippen LogP contribution in [0.1, 0.15) is 18.1 Å². The molecule has 0 saturated heterocycles. The monoisotopic (exact) mass is 427 g/mol. The Balaban J connectivity index is 3.37. The van der Waals surface area contributed by atoms with Crippen molar-refractivity contribution in [3.05, 3.63) is 46.1 Å². The van der Waals surface area contributed by atoms with Crippen LogP contribution in [-0.2, 0) is 6.18 Å². The molecule has 3 nitrogen and oxygen atoms in total. The molecule has 1 aromatic rings. The van der Waals surface area contributed by atoms with Gasteiger partial charge in [-0.3, -0.25) is 0 Å². The molecule has 0 aliphatic heterocycles. The van der Waals surface area contributed by atoms with Crippen molar-refractivity contribution in [1.29, 1.82) is 5.26 Å². The van der Waals surface area contributed by atoms with Crippen LogP contribution in [0.3, 0.4) is 0 Å². The molecule has 0 radical (unpaired) electrons. The van der Waals surface area contributed by atoms with Crippen LogP contribution in [0, 0.1) is 11.3 Å². The highest BCUT2D eigenvalue weighted by Gasteiger charge is 2.30. The number of halogens is 5. The number of alkyl halides is 3. The molecule has 0 bridgehead atoms. The molecule has 0 fully saturated rings. The fourth-order valence-electron chi connectivity index (χ4n) is 1.56. The van der Waals surface area contributed by atoms with Gasteiger partial charge in [0.2, 0.25) is 0 Å². The van der Waals surface area contributed by atoms with Crippen molar-refractivity contribution in [1.82, 2.24) is 3.53 Å². The topological polar surface area (TPSA) is 61.8 Å². The number of nitrogens with zero attached hydrogens (tertiary/aromatic N) is 1. The van der Waals surface area contributed by atoms with Gasteiger partial charge in [-0.1, -0.05) is 11.6 Å². The van der Waals surface area contributed by atoms with Crippen LogP contribution in [0.4, 0.5) is 18.9 Å². The van der Waals surface area contributed by atoms with Crippen LogP contribution < -0.4 is 9.26 Å². The summed E-state index contributed by atoms with van der Waals surface area (Å²) in [4.78, 5) is 0. The van der Waals surface area contributed by atoms with Gasteiger partial charge in [0.1, 0.15) is 11.2 Å². The molecule has 0 amide bonds. The minimum atomic E-state index is -4.46. The van der Waals surface area contributed by atoms with Gasteiger partial charge in [-0.05, 0) is 36.8 Å². The van der Waals surface area contributed by atoms with Crippen LogP contribution in [0.15, 0.2) is 35.0 Å². The molecule has 3 N–H and O–H groups in total. The summed E-state index contributed by atoms with van der Waals surface area (Å²) in [7, 11) is 0. The van der Waals surface area contributed by atoms with Gasteiger partial charge in [0.25, 0.3) is 0 Å². The van der Waals surface area contributed by atoms with E-state index in [1.807, 2.05) is 6.07 Å². The van der Waals surface area contributed by atoms with E-state index in [1.54, 1.807) is 29.8 Å². The second-order valence-corrected chi connectivity index (χ2v) is 4.98. The van der Waals surface area contributed by atoms with Crippen molar-refractivity contribution in [2.45, 2.75) is 13.1 Å². The van der Waals surface area contributed by atoms with Crippen molar-refractivity contribution in [2.24, 2.45) is 0 Å². The third kappa shape index (κ3) is 4.54. The zero-order valence-electron chi connectivity index (χ0n) is 10.7. The van der Waals surface area contributed by atoms with E-state index >= 15 is 0 Å². The lowest BCUT2D eigenvalue weighted by molar-refractivity contribution is -0.137. The minimum Gasteiger partial charge on any atom is -0.398 e. The van der Waals surface area contributed by atoms with Gasteiger partial charge in [-0.25, -0.2) is 0 Å². The van der Waals surface area contributed by atoms with Crippen molar-refractivity contribution in [3.8, 4) is 6.07 Å². The Hall–Kier alpha value is -1.40. The fraction of sp³-hybridized carbons (Fsp3) is 0.154. The van der Waals surface area contributed by atoms with Gasteiger partial charge in [0, 0.05) is 11.3 Å². The van der Waals surface area contributed by atoms with Crippen LogP contribution >= 0.6 is 34.5 Å². The van der Waals surface area contributed by atoms with Crippen LogP contribution in [0.2, 0.25) is 0 Å². The third-order valence-electron chi connectivity index (χ3n) is 2.61. The maximum atomic E-state index is 12.7. The van der Waals surface area contributed by atoms with Gasteiger partial charge < -0.3 is 9.26 Å². The molecule has 0 aromatic heterocycles. The number of rotatable bonds is 3. The van der Waals surface area contributed by atoms with E-state index in [2.05, 4.69) is 3.53 Å². The van der Waals surface area contributed by atoms with Crippen molar-refractivity contribution in [3.63, 3.8) is 0 Å². The molecule has 112 valence electrons.